The Bertz CT molecular complexity index is 1160. The SMILES string of the molecule is Cc1cc(C)c2sc(N(CCN3CCOCC3)C(=O)C3Oc4ccccc4OC3C)nc2c1. The first-order valence-corrected chi connectivity index (χ1v) is 12.2. The number of morpholine rings is 1. The number of rotatable bonds is 5. The van der Waals surface area contributed by atoms with Crippen LogP contribution >= 0.6 is 11.3 Å². The Morgan fingerprint density at radius 1 is 1.15 bits per heavy atom. The summed E-state index contributed by atoms with van der Waals surface area (Å²) in [6, 6.07) is 11.7. The highest BCUT2D eigenvalue weighted by molar-refractivity contribution is 7.22. The lowest BCUT2D eigenvalue weighted by Gasteiger charge is -2.34. The second kappa shape index (κ2) is 9.29. The topological polar surface area (TPSA) is 64.1 Å². The van der Waals surface area contributed by atoms with Crippen LogP contribution in [0.1, 0.15) is 18.1 Å². The van der Waals surface area contributed by atoms with Gasteiger partial charge >= 0.3 is 0 Å². The number of carbonyl (C=O) groups is 1. The highest BCUT2D eigenvalue weighted by Gasteiger charge is 2.38. The number of benzene rings is 2. The number of hydrogen-bond acceptors (Lipinski definition) is 7. The number of carbonyl (C=O) groups excluding carboxylic acids is 1. The van der Waals surface area contributed by atoms with Crippen LogP contribution in [-0.2, 0) is 9.53 Å². The molecule has 1 amide bonds. The van der Waals surface area contributed by atoms with Gasteiger partial charge in [-0.15, -0.1) is 0 Å². The van der Waals surface area contributed by atoms with Gasteiger partial charge in [-0.1, -0.05) is 29.5 Å². The molecule has 0 bridgehead atoms. The standard InChI is InChI=1S/C25H29N3O4S/c1-16-14-17(2)23-19(15-16)26-25(33-23)28(9-8-27-10-12-30-13-11-27)24(29)22-18(3)31-20-6-4-5-7-21(20)32-22/h4-7,14-15,18,22H,8-13H2,1-3H3. The normalized spacial score (nSPS) is 20.7. The minimum atomic E-state index is -0.737. The van der Waals surface area contributed by atoms with Crippen molar-refractivity contribution in [1.29, 1.82) is 0 Å². The maximum Gasteiger partial charge on any atom is 0.273 e. The lowest BCUT2D eigenvalue weighted by atomic mass is 10.1. The van der Waals surface area contributed by atoms with Crippen LogP contribution in [0.3, 0.4) is 0 Å². The van der Waals surface area contributed by atoms with E-state index in [2.05, 4.69) is 30.9 Å². The zero-order chi connectivity index (χ0) is 22.9. The monoisotopic (exact) mass is 467 g/mol. The summed E-state index contributed by atoms with van der Waals surface area (Å²) in [4.78, 5) is 22.8. The average Bonchev–Trinajstić information content (AvgIpc) is 3.23. The Morgan fingerprint density at radius 3 is 2.64 bits per heavy atom. The van der Waals surface area contributed by atoms with Gasteiger partial charge in [0, 0.05) is 26.2 Å². The van der Waals surface area contributed by atoms with Gasteiger partial charge in [0.25, 0.3) is 5.91 Å². The van der Waals surface area contributed by atoms with Gasteiger partial charge in [-0.05, 0) is 50.1 Å². The molecule has 2 atom stereocenters. The molecule has 8 heteroatoms. The van der Waals surface area contributed by atoms with E-state index >= 15 is 0 Å². The van der Waals surface area contributed by atoms with Gasteiger partial charge in [-0.2, -0.15) is 0 Å². The number of para-hydroxylation sites is 2. The van der Waals surface area contributed by atoms with Crippen LogP contribution in [-0.4, -0.2) is 67.4 Å². The lowest BCUT2D eigenvalue weighted by molar-refractivity contribution is -0.130. The van der Waals surface area contributed by atoms with Crippen molar-refractivity contribution in [3.05, 3.63) is 47.5 Å². The van der Waals surface area contributed by atoms with E-state index in [1.54, 1.807) is 16.2 Å². The zero-order valence-corrected chi connectivity index (χ0v) is 20.1. The van der Waals surface area contributed by atoms with Gasteiger partial charge in [-0.25, -0.2) is 4.98 Å². The molecule has 1 aromatic heterocycles. The van der Waals surface area contributed by atoms with Gasteiger partial charge in [0.05, 0.1) is 23.4 Å². The van der Waals surface area contributed by atoms with Gasteiger partial charge in [-0.3, -0.25) is 14.6 Å². The first-order chi connectivity index (χ1) is 16.0. The summed E-state index contributed by atoms with van der Waals surface area (Å²) in [6.07, 6.45) is -1.14. The quantitative estimate of drug-likeness (QED) is 0.569. The van der Waals surface area contributed by atoms with E-state index in [1.807, 2.05) is 31.2 Å². The van der Waals surface area contributed by atoms with Crippen LogP contribution in [0.15, 0.2) is 36.4 Å². The molecule has 3 heterocycles. The van der Waals surface area contributed by atoms with Crippen LogP contribution in [0.5, 0.6) is 11.5 Å². The van der Waals surface area contributed by atoms with Crippen molar-refractivity contribution in [2.24, 2.45) is 0 Å². The molecule has 0 radical (unpaired) electrons. The number of ether oxygens (including phenoxy) is 3. The van der Waals surface area contributed by atoms with E-state index in [0.717, 1.165) is 48.6 Å². The maximum absolute atomic E-state index is 13.9. The third-order valence-electron chi connectivity index (χ3n) is 6.13. The van der Waals surface area contributed by atoms with Crippen LogP contribution in [0.25, 0.3) is 10.2 Å². The number of anilines is 1. The molecule has 2 aliphatic heterocycles. The maximum atomic E-state index is 13.9. The Hall–Kier alpha value is -2.68. The third-order valence-corrected chi connectivity index (χ3v) is 7.36. The van der Waals surface area contributed by atoms with Crippen LogP contribution < -0.4 is 14.4 Å². The smallest absolute Gasteiger partial charge is 0.273 e. The molecule has 2 unspecified atom stereocenters. The summed E-state index contributed by atoms with van der Waals surface area (Å²) < 4.78 is 18.8. The third kappa shape index (κ3) is 4.55. The first kappa shape index (κ1) is 22.1. The van der Waals surface area contributed by atoms with Crippen molar-refractivity contribution in [3.63, 3.8) is 0 Å². The summed E-state index contributed by atoms with van der Waals surface area (Å²) in [5.41, 5.74) is 3.27. The summed E-state index contributed by atoms with van der Waals surface area (Å²) in [5.74, 6) is 1.14. The average molecular weight is 468 g/mol. The Labute approximate surface area is 197 Å². The molecule has 174 valence electrons. The molecule has 0 spiro atoms. The molecule has 0 aliphatic carbocycles. The fraction of sp³-hybridized carbons (Fsp3) is 0.440. The lowest BCUT2D eigenvalue weighted by Crippen LogP contribution is -2.52. The molecule has 5 rings (SSSR count). The zero-order valence-electron chi connectivity index (χ0n) is 19.2. The Balaban J connectivity index is 1.45. The first-order valence-electron chi connectivity index (χ1n) is 11.4. The second-order valence-electron chi connectivity index (χ2n) is 8.68. The molecule has 0 N–H and O–H groups in total. The molecule has 3 aromatic rings. The Kier molecular flexibility index (Phi) is 6.23. The highest BCUT2D eigenvalue weighted by atomic mass is 32.1. The number of aryl methyl sites for hydroxylation is 2. The number of fused-ring (bicyclic) bond motifs is 2. The molecule has 7 nitrogen and oxygen atoms in total. The molecular formula is C25H29N3O4S. The molecule has 33 heavy (non-hydrogen) atoms. The fourth-order valence-corrected chi connectivity index (χ4v) is 5.44. The van der Waals surface area contributed by atoms with Gasteiger partial charge in [0.2, 0.25) is 6.10 Å². The predicted molar refractivity (Wildman–Crippen MR) is 130 cm³/mol. The summed E-state index contributed by atoms with van der Waals surface area (Å²) in [7, 11) is 0. The van der Waals surface area contributed by atoms with E-state index in [-0.39, 0.29) is 5.91 Å². The number of aromatic nitrogens is 1. The minimum Gasteiger partial charge on any atom is -0.482 e. The predicted octanol–water partition coefficient (Wildman–Crippen LogP) is 3.81. The van der Waals surface area contributed by atoms with Crippen LogP contribution in [0.2, 0.25) is 0 Å². The van der Waals surface area contributed by atoms with Crippen molar-refractivity contribution < 1.29 is 19.0 Å². The largest absolute Gasteiger partial charge is 0.482 e. The van der Waals surface area contributed by atoms with E-state index < -0.39 is 12.2 Å². The minimum absolute atomic E-state index is 0.126. The number of thiazole rings is 1. The summed E-state index contributed by atoms with van der Waals surface area (Å²) in [5, 5.41) is 0.701. The molecule has 0 saturated carbocycles. The molecule has 1 fully saturated rings. The molecule has 1 saturated heterocycles. The van der Waals surface area contributed by atoms with Crippen molar-refractivity contribution in [2.75, 3.05) is 44.3 Å². The number of amides is 1. The van der Waals surface area contributed by atoms with Gasteiger partial charge < -0.3 is 14.2 Å². The molecule has 2 aromatic carbocycles. The van der Waals surface area contributed by atoms with E-state index in [1.165, 1.54) is 5.56 Å². The van der Waals surface area contributed by atoms with Crippen LogP contribution in [0.4, 0.5) is 5.13 Å². The summed E-state index contributed by atoms with van der Waals surface area (Å²) >= 11 is 1.56. The van der Waals surface area contributed by atoms with Gasteiger partial charge in [0.1, 0.15) is 6.10 Å². The fourth-order valence-electron chi connectivity index (χ4n) is 4.39. The second-order valence-corrected chi connectivity index (χ2v) is 9.66. The molecule has 2 aliphatic rings. The van der Waals surface area contributed by atoms with Crippen molar-refractivity contribution in [1.82, 2.24) is 9.88 Å². The van der Waals surface area contributed by atoms with Crippen LogP contribution in [0, 0.1) is 13.8 Å². The van der Waals surface area contributed by atoms with E-state index in [0.29, 0.717) is 23.2 Å². The number of nitrogens with zero attached hydrogens (tertiary/aromatic N) is 3. The van der Waals surface area contributed by atoms with Crippen molar-refractivity contribution in [3.8, 4) is 11.5 Å². The van der Waals surface area contributed by atoms with Crippen molar-refractivity contribution >= 4 is 32.6 Å². The van der Waals surface area contributed by atoms with E-state index in [4.69, 9.17) is 19.2 Å². The Morgan fingerprint density at radius 2 is 1.88 bits per heavy atom. The van der Waals surface area contributed by atoms with Gasteiger partial charge in [0.15, 0.2) is 16.6 Å². The summed E-state index contributed by atoms with van der Waals surface area (Å²) in [6.45, 7) is 10.5. The molecular weight excluding hydrogens is 438 g/mol. The van der Waals surface area contributed by atoms with Crippen molar-refractivity contribution in [2.45, 2.75) is 33.0 Å². The number of hydrogen-bond donors (Lipinski definition) is 0. The van der Waals surface area contributed by atoms with E-state index in [9.17, 15) is 4.79 Å². The highest BCUT2D eigenvalue weighted by Crippen LogP contribution is 2.36.